The fourth-order valence-electron chi connectivity index (χ4n) is 4.74. The third-order valence-corrected chi connectivity index (χ3v) is 6.07. The van der Waals surface area contributed by atoms with Gasteiger partial charge in [0, 0.05) is 29.7 Å². The van der Waals surface area contributed by atoms with Gasteiger partial charge in [0.2, 0.25) is 0 Å². The first-order valence-electron chi connectivity index (χ1n) is 10.6. The van der Waals surface area contributed by atoms with E-state index in [0.717, 1.165) is 31.5 Å². The van der Waals surface area contributed by atoms with E-state index < -0.39 is 0 Å². The highest BCUT2D eigenvalue weighted by Crippen LogP contribution is 2.38. The molecule has 0 spiro atoms. The van der Waals surface area contributed by atoms with Gasteiger partial charge in [-0.2, -0.15) is 0 Å². The van der Waals surface area contributed by atoms with E-state index in [4.69, 9.17) is 4.74 Å². The van der Waals surface area contributed by atoms with E-state index >= 15 is 0 Å². The van der Waals surface area contributed by atoms with Crippen LogP contribution in [-0.2, 0) is 4.74 Å². The van der Waals surface area contributed by atoms with Gasteiger partial charge in [0.05, 0.1) is 18.6 Å². The number of carbonyl (C=O) groups is 1. The van der Waals surface area contributed by atoms with E-state index in [9.17, 15) is 4.79 Å². The summed E-state index contributed by atoms with van der Waals surface area (Å²) < 4.78 is 7.32. The molecule has 1 fully saturated rings. The summed E-state index contributed by atoms with van der Waals surface area (Å²) in [5.74, 6) is -0.271. The van der Waals surface area contributed by atoms with Gasteiger partial charge in [0.15, 0.2) is 5.69 Å². The third-order valence-electron chi connectivity index (χ3n) is 6.07. The van der Waals surface area contributed by atoms with Gasteiger partial charge in [-0.3, -0.25) is 0 Å². The minimum Gasteiger partial charge on any atom is -0.461 e. The van der Waals surface area contributed by atoms with E-state index in [1.165, 1.54) is 16.5 Å². The fourth-order valence-corrected chi connectivity index (χ4v) is 4.74. The number of rotatable bonds is 6. The molecule has 1 saturated carbocycles. The molecule has 1 aromatic heterocycles. The Morgan fingerprint density at radius 1 is 1.17 bits per heavy atom. The van der Waals surface area contributed by atoms with Crippen LogP contribution in [0.1, 0.15) is 55.3 Å². The van der Waals surface area contributed by atoms with Crippen molar-refractivity contribution in [1.82, 2.24) is 9.55 Å². The van der Waals surface area contributed by atoms with Gasteiger partial charge in [0.1, 0.15) is 0 Å². The number of fused-ring (bicyclic) bond motifs is 1. The first-order chi connectivity index (χ1) is 14.1. The summed E-state index contributed by atoms with van der Waals surface area (Å²) in [7, 11) is 0. The number of aryl methyl sites for hydroxylation is 1. The van der Waals surface area contributed by atoms with Crippen LogP contribution < -0.4 is 4.90 Å². The summed E-state index contributed by atoms with van der Waals surface area (Å²) >= 11 is 0. The zero-order valence-corrected chi connectivity index (χ0v) is 17.5. The highest BCUT2D eigenvalue weighted by atomic mass is 16.5. The molecule has 5 nitrogen and oxygen atoms in total. The molecule has 0 amide bonds. The lowest BCUT2D eigenvalue weighted by molar-refractivity contribution is 0.0510. The molecule has 2 aromatic carbocycles. The number of nitrogens with zero attached hydrogens (tertiary/aromatic N) is 3. The van der Waals surface area contributed by atoms with Crippen molar-refractivity contribution in [2.75, 3.05) is 18.1 Å². The van der Waals surface area contributed by atoms with E-state index in [1.54, 1.807) is 0 Å². The van der Waals surface area contributed by atoms with Crippen molar-refractivity contribution >= 4 is 22.4 Å². The van der Waals surface area contributed by atoms with E-state index in [2.05, 4.69) is 59.3 Å². The molecule has 4 rings (SSSR count). The number of ether oxygens (including phenoxy) is 1. The number of aromatic nitrogens is 2. The molecular formula is C24H29N3O2. The Morgan fingerprint density at radius 3 is 2.76 bits per heavy atom. The van der Waals surface area contributed by atoms with Gasteiger partial charge in [-0.25, -0.2) is 9.78 Å². The van der Waals surface area contributed by atoms with Crippen molar-refractivity contribution in [3.63, 3.8) is 0 Å². The lowest BCUT2D eigenvalue weighted by Gasteiger charge is -2.31. The molecular weight excluding hydrogens is 362 g/mol. The molecule has 0 N–H and O–H groups in total. The van der Waals surface area contributed by atoms with Gasteiger partial charge < -0.3 is 14.2 Å². The van der Waals surface area contributed by atoms with Crippen LogP contribution >= 0.6 is 0 Å². The Hall–Kier alpha value is -2.82. The molecule has 152 valence electrons. The number of hydrogen-bond acceptors (Lipinski definition) is 4. The normalized spacial score (nSPS) is 18.9. The summed E-state index contributed by atoms with van der Waals surface area (Å²) in [6.07, 6.45) is 4.94. The lowest BCUT2D eigenvalue weighted by Crippen LogP contribution is -2.33. The van der Waals surface area contributed by atoms with Crippen LogP contribution in [0.4, 0.5) is 5.69 Å². The van der Waals surface area contributed by atoms with Crippen LogP contribution in [0.2, 0.25) is 0 Å². The van der Waals surface area contributed by atoms with Crippen LogP contribution in [0.15, 0.2) is 48.8 Å². The number of esters is 1. The number of benzene rings is 2. The molecule has 29 heavy (non-hydrogen) atoms. The Kier molecular flexibility index (Phi) is 5.56. The standard InChI is InChI=1S/C24H29N3O2/c1-4-26(22-12-8-10-18-9-6-7-11-21(18)22)19-13-14-20(15-19)27-16-25-17(3)23(27)24(28)29-5-2/h6-12,16,19-20H,4-5,13-15H2,1-3H3. The average molecular weight is 392 g/mol. The highest BCUT2D eigenvalue weighted by molar-refractivity contribution is 5.94. The van der Waals surface area contributed by atoms with Crippen molar-refractivity contribution in [2.45, 2.75) is 52.1 Å². The first-order valence-corrected chi connectivity index (χ1v) is 10.6. The van der Waals surface area contributed by atoms with Gasteiger partial charge in [-0.1, -0.05) is 36.4 Å². The van der Waals surface area contributed by atoms with E-state index in [1.807, 2.05) is 24.7 Å². The van der Waals surface area contributed by atoms with Gasteiger partial charge in [-0.15, -0.1) is 0 Å². The zero-order valence-electron chi connectivity index (χ0n) is 17.5. The van der Waals surface area contributed by atoms with E-state index in [-0.39, 0.29) is 12.0 Å². The lowest BCUT2D eigenvalue weighted by atomic mass is 10.1. The molecule has 0 radical (unpaired) electrons. The van der Waals surface area contributed by atoms with Crippen molar-refractivity contribution in [3.05, 3.63) is 60.2 Å². The second-order valence-electron chi connectivity index (χ2n) is 7.71. The van der Waals surface area contributed by atoms with E-state index in [0.29, 0.717) is 18.3 Å². The summed E-state index contributed by atoms with van der Waals surface area (Å²) in [4.78, 5) is 19.4. The second kappa shape index (κ2) is 8.27. The highest BCUT2D eigenvalue weighted by Gasteiger charge is 2.33. The topological polar surface area (TPSA) is 47.4 Å². The molecule has 2 unspecified atom stereocenters. The Balaban J connectivity index is 1.60. The summed E-state index contributed by atoms with van der Waals surface area (Å²) in [6.45, 7) is 7.27. The Bertz CT molecular complexity index is 1010. The molecule has 1 heterocycles. The second-order valence-corrected chi connectivity index (χ2v) is 7.71. The zero-order chi connectivity index (χ0) is 20.4. The molecule has 5 heteroatoms. The van der Waals surface area contributed by atoms with Crippen molar-refractivity contribution in [3.8, 4) is 0 Å². The van der Waals surface area contributed by atoms with Crippen molar-refractivity contribution in [1.29, 1.82) is 0 Å². The fraction of sp³-hybridized carbons (Fsp3) is 0.417. The molecule has 3 aromatic rings. The Labute approximate surface area is 172 Å². The smallest absolute Gasteiger partial charge is 0.356 e. The average Bonchev–Trinajstić information content (AvgIpc) is 3.36. The largest absolute Gasteiger partial charge is 0.461 e. The first kappa shape index (κ1) is 19.5. The monoisotopic (exact) mass is 391 g/mol. The maximum absolute atomic E-state index is 12.5. The van der Waals surface area contributed by atoms with Crippen molar-refractivity contribution < 1.29 is 9.53 Å². The SMILES string of the molecule is CCOC(=O)c1c(C)ncn1C1CCC(N(CC)c2cccc3ccccc23)C1. The summed E-state index contributed by atoms with van der Waals surface area (Å²) in [6, 6.07) is 15.8. The number of imidazole rings is 1. The predicted octanol–water partition coefficient (Wildman–Crippen LogP) is 5.14. The predicted molar refractivity (Wildman–Crippen MR) is 117 cm³/mol. The van der Waals surface area contributed by atoms with Crippen LogP contribution in [0.25, 0.3) is 10.8 Å². The number of carbonyl (C=O) groups excluding carboxylic acids is 1. The van der Waals surface area contributed by atoms with Crippen LogP contribution in [0.5, 0.6) is 0 Å². The van der Waals surface area contributed by atoms with Crippen molar-refractivity contribution in [2.24, 2.45) is 0 Å². The minimum absolute atomic E-state index is 0.268. The summed E-state index contributed by atoms with van der Waals surface area (Å²) in [5.41, 5.74) is 2.64. The third kappa shape index (κ3) is 3.61. The maximum atomic E-state index is 12.5. The Morgan fingerprint density at radius 2 is 1.97 bits per heavy atom. The van der Waals surface area contributed by atoms with Gasteiger partial charge in [-0.05, 0) is 51.5 Å². The number of anilines is 1. The van der Waals surface area contributed by atoms with Gasteiger partial charge >= 0.3 is 5.97 Å². The molecule has 0 bridgehead atoms. The quantitative estimate of drug-likeness (QED) is 0.546. The molecule has 0 saturated heterocycles. The molecule has 0 aliphatic heterocycles. The van der Waals surface area contributed by atoms with Crippen LogP contribution in [-0.4, -0.2) is 34.7 Å². The number of hydrogen-bond donors (Lipinski definition) is 0. The molecule has 2 atom stereocenters. The van der Waals surface area contributed by atoms with Crippen LogP contribution in [0.3, 0.4) is 0 Å². The van der Waals surface area contributed by atoms with Crippen LogP contribution in [0, 0.1) is 6.92 Å². The molecule has 1 aliphatic carbocycles. The summed E-state index contributed by atoms with van der Waals surface area (Å²) in [5, 5.41) is 2.57. The molecule has 1 aliphatic rings. The van der Waals surface area contributed by atoms with Gasteiger partial charge in [0.25, 0.3) is 0 Å². The maximum Gasteiger partial charge on any atom is 0.356 e. The minimum atomic E-state index is -0.271.